The number of pyridine rings is 1. The van der Waals surface area contributed by atoms with E-state index in [1.54, 1.807) is 0 Å². The van der Waals surface area contributed by atoms with Crippen LogP contribution in [0.3, 0.4) is 0 Å². The maximum absolute atomic E-state index is 6.14. The van der Waals surface area contributed by atoms with Gasteiger partial charge < -0.3 is 5.32 Å². The van der Waals surface area contributed by atoms with Crippen molar-refractivity contribution in [3.63, 3.8) is 0 Å². The third kappa shape index (κ3) is 6.77. The van der Waals surface area contributed by atoms with Crippen LogP contribution in [0.5, 0.6) is 0 Å². The Hall–Kier alpha value is -1.94. The molecule has 2 aliphatic rings. The molecule has 31 heavy (non-hydrogen) atoms. The van der Waals surface area contributed by atoms with Crippen molar-refractivity contribution in [2.75, 3.05) is 26.2 Å². The van der Waals surface area contributed by atoms with E-state index in [9.17, 15) is 0 Å². The third-order valence-electron chi connectivity index (χ3n) is 6.37. The summed E-state index contributed by atoms with van der Waals surface area (Å²) in [7, 11) is 0. The lowest BCUT2D eigenvalue weighted by molar-refractivity contribution is 0.377. The molecule has 0 amide bonds. The van der Waals surface area contributed by atoms with Crippen molar-refractivity contribution in [3.8, 4) is 0 Å². The van der Waals surface area contributed by atoms with Crippen LogP contribution in [0.25, 0.3) is 11.6 Å². The van der Waals surface area contributed by atoms with Gasteiger partial charge in [0.15, 0.2) is 0 Å². The molecule has 2 fully saturated rings. The van der Waals surface area contributed by atoms with E-state index in [2.05, 4.69) is 58.8 Å². The molecular weight excluding hydrogens is 402 g/mol. The van der Waals surface area contributed by atoms with Gasteiger partial charge in [0.25, 0.3) is 0 Å². The van der Waals surface area contributed by atoms with Gasteiger partial charge in [-0.3, -0.25) is 4.90 Å². The van der Waals surface area contributed by atoms with Crippen molar-refractivity contribution >= 4 is 23.3 Å². The Morgan fingerprint density at radius 3 is 2.55 bits per heavy atom. The van der Waals surface area contributed by atoms with Gasteiger partial charge in [0.1, 0.15) is 0 Å². The highest BCUT2D eigenvalue weighted by atomic mass is 35.5. The van der Waals surface area contributed by atoms with Crippen LogP contribution in [0.1, 0.15) is 61.9 Å². The molecule has 1 aromatic heterocycles. The van der Waals surface area contributed by atoms with Gasteiger partial charge in [-0.15, -0.1) is 0 Å². The minimum atomic E-state index is 0.683. The third-order valence-corrected chi connectivity index (χ3v) is 6.62. The molecule has 3 nitrogen and oxygen atoms in total. The summed E-state index contributed by atoms with van der Waals surface area (Å²) in [5.74, 6) is 0. The van der Waals surface area contributed by atoms with Gasteiger partial charge in [0.2, 0.25) is 0 Å². The van der Waals surface area contributed by atoms with Crippen molar-refractivity contribution in [2.24, 2.45) is 0 Å². The van der Waals surface area contributed by atoms with Crippen LogP contribution in [0.2, 0.25) is 5.02 Å². The van der Waals surface area contributed by atoms with Crippen molar-refractivity contribution in [3.05, 3.63) is 76.6 Å². The lowest BCUT2D eigenvalue weighted by Crippen LogP contribution is -2.30. The quantitative estimate of drug-likeness (QED) is 0.535. The molecule has 4 rings (SSSR count). The summed E-state index contributed by atoms with van der Waals surface area (Å²) in [5, 5.41) is 4.43. The second-order valence-electron chi connectivity index (χ2n) is 8.73. The van der Waals surface area contributed by atoms with E-state index in [0.717, 1.165) is 35.1 Å². The highest BCUT2D eigenvalue weighted by Crippen LogP contribution is 2.24. The fraction of sp³-hybridized carbons (Fsp3) is 0.444. The summed E-state index contributed by atoms with van der Waals surface area (Å²) in [5.41, 5.74) is 4.36. The predicted octanol–water partition coefficient (Wildman–Crippen LogP) is 6.20. The zero-order chi connectivity index (χ0) is 21.3. The molecule has 1 aromatic carbocycles. The van der Waals surface area contributed by atoms with Crippen molar-refractivity contribution < 1.29 is 0 Å². The Morgan fingerprint density at radius 1 is 1.00 bits per heavy atom. The number of rotatable bonds is 8. The highest BCUT2D eigenvalue weighted by molar-refractivity contribution is 6.30. The first-order chi connectivity index (χ1) is 15.3. The largest absolute Gasteiger partial charge is 0.311 e. The van der Waals surface area contributed by atoms with Gasteiger partial charge in [0, 0.05) is 29.7 Å². The first-order valence-electron chi connectivity index (χ1n) is 11.8. The summed E-state index contributed by atoms with van der Waals surface area (Å²) >= 11 is 6.14. The fourth-order valence-corrected chi connectivity index (χ4v) is 4.73. The second-order valence-corrected chi connectivity index (χ2v) is 9.16. The van der Waals surface area contributed by atoms with Gasteiger partial charge in [-0.2, -0.15) is 0 Å². The molecule has 0 atom stereocenters. The van der Waals surface area contributed by atoms with E-state index in [-0.39, 0.29) is 0 Å². The van der Waals surface area contributed by atoms with Crippen LogP contribution >= 0.6 is 11.6 Å². The molecule has 0 radical (unpaired) electrons. The second kappa shape index (κ2) is 11.6. The molecule has 1 aliphatic carbocycles. The van der Waals surface area contributed by atoms with Crippen LogP contribution in [-0.2, 0) is 0 Å². The molecule has 2 aromatic rings. The van der Waals surface area contributed by atoms with Gasteiger partial charge in [0.05, 0.1) is 11.4 Å². The number of benzene rings is 1. The molecule has 164 valence electrons. The van der Waals surface area contributed by atoms with Gasteiger partial charge >= 0.3 is 0 Å². The van der Waals surface area contributed by atoms with Crippen LogP contribution in [0.4, 0.5) is 0 Å². The number of halogens is 1. The summed E-state index contributed by atoms with van der Waals surface area (Å²) < 4.78 is 0. The Labute approximate surface area is 192 Å². The van der Waals surface area contributed by atoms with Crippen LogP contribution in [-0.4, -0.2) is 42.1 Å². The number of hydrogen-bond acceptors (Lipinski definition) is 3. The van der Waals surface area contributed by atoms with Gasteiger partial charge in [-0.25, -0.2) is 4.98 Å². The molecule has 2 heterocycles. The molecule has 1 saturated heterocycles. The van der Waals surface area contributed by atoms with Crippen LogP contribution in [0, 0.1) is 0 Å². The SMILES string of the molecule is Clc1ccc(/C(=C\CN2CCCC2)c2cccc(/C=C/CNC3CCCCC3)n2)cc1. The first-order valence-corrected chi connectivity index (χ1v) is 12.2. The van der Waals surface area contributed by atoms with E-state index in [1.807, 2.05) is 12.1 Å². The molecule has 0 unspecified atom stereocenters. The van der Waals surface area contributed by atoms with E-state index in [0.29, 0.717) is 6.04 Å². The zero-order valence-corrected chi connectivity index (χ0v) is 19.2. The van der Waals surface area contributed by atoms with Gasteiger partial charge in [-0.05, 0) is 74.7 Å². The number of aromatic nitrogens is 1. The molecule has 0 spiro atoms. The Kier molecular flexibility index (Phi) is 8.34. The highest BCUT2D eigenvalue weighted by Gasteiger charge is 2.13. The topological polar surface area (TPSA) is 28.2 Å². The van der Waals surface area contributed by atoms with Gasteiger partial charge in [-0.1, -0.05) is 61.2 Å². The normalized spacial score (nSPS) is 18.8. The minimum Gasteiger partial charge on any atom is -0.311 e. The van der Waals surface area contributed by atoms with Crippen molar-refractivity contribution in [1.29, 1.82) is 0 Å². The molecular formula is C27H34ClN3. The first kappa shape index (κ1) is 22.3. The Morgan fingerprint density at radius 2 is 1.77 bits per heavy atom. The van der Waals surface area contributed by atoms with E-state index < -0.39 is 0 Å². The van der Waals surface area contributed by atoms with Crippen molar-refractivity contribution in [1.82, 2.24) is 15.2 Å². The number of nitrogens with one attached hydrogen (secondary N) is 1. The lowest BCUT2D eigenvalue weighted by atomic mass is 9.95. The van der Waals surface area contributed by atoms with Crippen LogP contribution in [0.15, 0.2) is 54.6 Å². The molecule has 0 bridgehead atoms. The van der Waals surface area contributed by atoms with E-state index in [1.165, 1.54) is 63.6 Å². The van der Waals surface area contributed by atoms with E-state index >= 15 is 0 Å². The average Bonchev–Trinajstić information content (AvgIpc) is 3.33. The number of hydrogen-bond donors (Lipinski definition) is 1. The molecule has 4 heteroatoms. The smallest absolute Gasteiger partial charge is 0.0712 e. The lowest BCUT2D eigenvalue weighted by Gasteiger charge is -2.21. The minimum absolute atomic E-state index is 0.683. The maximum atomic E-state index is 6.14. The van der Waals surface area contributed by atoms with Crippen LogP contribution < -0.4 is 5.32 Å². The molecule has 1 saturated carbocycles. The maximum Gasteiger partial charge on any atom is 0.0712 e. The summed E-state index contributed by atoms with van der Waals surface area (Å²) in [6.07, 6.45) is 16.0. The number of likely N-dealkylation sites (tertiary alicyclic amines) is 1. The Balaban J connectivity index is 1.47. The summed E-state index contributed by atoms with van der Waals surface area (Å²) in [6, 6.07) is 15.1. The Bertz CT molecular complexity index is 876. The predicted molar refractivity (Wildman–Crippen MR) is 132 cm³/mol. The van der Waals surface area contributed by atoms with E-state index in [4.69, 9.17) is 16.6 Å². The summed E-state index contributed by atoms with van der Waals surface area (Å²) in [6.45, 7) is 4.25. The number of nitrogens with zero attached hydrogens (tertiary/aromatic N) is 2. The average molecular weight is 436 g/mol. The van der Waals surface area contributed by atoms with Crippen molar-refractivity contribution in [2.45, 2.75) is 51.0 Å². The monoisotopic (exact) mass is 435 g/mol. The summed E-state index contributed by atoms with van der Waals surface area (Å²) in [4.78, 5) is 7.48. The fourth-order valence-electron chi connectivity index (χ4n) is 4.60. The zero-order valence-electron chi connectivity index (χ0n) is 18.4. The standard InChI is InChI=1S/C27H34ClN3/c28-23-15-13-22(14-16-23)26(17-21-31-19-4-5-20-31)27-12-6-10-25(30-27)11-7-18-29-24-8-2-1-3-9-24/h6-7,10-17,24,29H,1-5,8-9,18-21H2/b11-7+,26-17+. The molecule has 1 aliphatic heterocycles. The molecule has 1 N–H and O–H groups in total.